The van der Waals surface area contributed by atoms with Crippen molar-refractivity contribution in [1.29, 1.82) is 0 Å². The number of hydrogen-bond donors (Lipinski definition) is 1. The zero-order valence-corrected chi connectivity index (χ0v) is 15.3. The predicted octanol–water partition coefficient (Wildman–Crippen LogP) is 4.65. The third-order valence-electron chi connectivity index (χ3n) is 4.55. The van der Waals surface area contributed by atoms with E-state index in [9.17, 15) is 0 Å². The quantitative estimate of drug-likeness (QED) is 0.544. The molecule has 0 fully saturated rings. The van der Waals surface area contributed by atoms with Crippen molar-refractivity contribution in [3.05, 3.63) is 78.6 Å². The molecule has 3 aromatic carbocycles. The molecule has 5 nitrogen and oxygen atoms in total. The molecule has 0 saturated carbocycles. The van der Waals surface area contributed by atoms with Crippen LogP contribution in [0.5, 0.6) is 11.5 Å². The van der Waals surface area contributed by atoms with Gasteiger partial charge in [0.05, 0.1) is 25.3 Å². The van der Waals surface area contributed by atoms with Gasteiger partial charge in [-0.1, -0.05) is 12.1 Å². The monoisotopic (exact) mass is 359 g/mol. The summed E-state index contributed by atoms with van der Waals surface area (Å²) in [5, 5.41) is 3.45. The smallest absolute Gasteiger partial charge is 0.119 e. The average molecular weight is 359 g/mol. The normalized spacial score (nSPS) is 10.7. The third kappa shape index (κ3) is 3.58. The Hall–Kier alpha value is -3.47. The van der Waals surface area contributed by atoms with Gasteiger partial charge in [0, 0.05) is 17.9 Å². The Morgan fingerprint density at radius 2 is 1.52 bits per heavy atom. The summed E-state index contributed by atoms with van der Waals surface area (Å²) in [6.45, 7) is 0.745. The van der Waals surface area contributed by atoms with E-state index >= 15 is 0 Å². The molecule has 4 rings (SSSR count). The largest absolute Gasteiger partial charge is 0.497 e. The summed E-state index contributed by atoms with van der Waals surface area (Å²) in [4.78, 5) is 4.55. The maximum atomic E-state index is 5.23. The minimum absolute atomic E-state index is 0.745. The number of imidazole rings is 1. The number of nitrogens with zero attached hydrogens (tertiary/aromatic N) is 2. The average Bonchev–Trinajstić information content (AvgIpc) is 3.16. The molecule has 1 aromatic heterocycles. The van der Waals surface area contributed by atoms with Crippen LogP contribution in [0.1, 0.15) is 5.56 Å². The first-order valence-corrected chi connectivity index (χ1v) is 8.75. The van der Waals surface area contributed by atoms with E-state index in [1.54, 1.807) is 14.2 Å². The summed E-state index contributed by atoms with van der Waals surface area (Å²) >= 11 is 0. The lowest BCUT2D eigenvalue weighted by atomic mass is 10.2. The van der Waals surface area contributed by atoms with Crippen molar-refractivity contribution in [2.75, 3.05) is 19.5 Å². The fourth-order valence-corrected chi connectivity index (χ4v) is 3.02. The minimum Gasteiger partial charge on any atom is -0.497 e. The molecular weight excluding hydrogens is 338 g/mol. The molecular formula is C22H21N3O2. The van der Waals surface area contributed by atoms with Crippen molar-refractivity contribution in [3.63, 3.8) is 0 Å². The van der Waals surface area contributed by atoms with Crippen LogP contribution in [0, 0.1) is 0 Å². The van der Waals surface area contributed by atoms with Gasteiger partial charge in [-0.3, -0.25) is 4.57 Å². The highest BCUT2D eigenvalue weighted by Crippen LogP contribution is 2.23. The molecule has 1 N–H and O–H groups in total. The molecule has 0 radical (unpaired) electrons. The van der Waals surface area contributed by atoms with Crippen LogP contribution in [0.25, 0.3) is 16.7 Å². The van der Waals surface area contributed by atoms with Crippen LogP contribution >= 0.6 is 0 Å². The number of ether oxygens (including phenoxy) is 2. The molecule has 0 aliphatic rings. The topological polar surface area (TPSA) is 48.3 Å². The molecule has 0 spiro atoms. The van der Waals surface area contributed by atoms with Crippen molar-refractivity contribution in [2.24, 2.45) is 0 Å². The number of benzene rings is 3. The van der Waals surface area contributed by atoms with Crippen molar-refractivity contribution in [3.8, 4) is 17.2 Å². The highest BCUT2D eigenvalue weighted by Gasteiger charge is 2.06. The first-order chi connectivity index (χ1) is 13.3. The number of fused-ring (bicyclic) bond motifs is 1. The van der Waals surface area contributed by atoms with Crippen molar-refractivity contribution < 1.29 is 9.47 Å². The van der Waals surface area contributed by atoms with Crippen molar-refractivity contribution in [1.82, 2.24) is 9.55 Å². The van der Waals surface area contributed by atoms with Gasteiger partial charge in [-0.25, -0.2) is 4.98 Å². The van der Waals surface area contributed by atoms with Crippen LogP contribution in [0.2, 0.25) is 0 Å². The molecule has 0 aliphatic heterocycles. The molecule has 1 heterocycles. The fraction of sp³-hybridized carbons (Fsp3) is 0.136. The highest BCUT2D eigenvalue weighted by molar-refractivity contribution is 5.81. The van der Waals surface area contributed by atoms with Crippen molar-refractivity contribution in [2.45, 2.75) is 6.54 Å². The summed E-state index contributed by atoms with van der Waals surface area (Å²) in [6, 6.07) is 22.2. The Labute approximate surface area is 158 Å². The van der Waals surface area contributed by atoms with E-state index in [-0.39, 0.29) is 0 Å². The summed E-state index contributed by atoms with van der Waals surface area (Å²) in [7, 11) is 3.34. The first kappa shape index (κ1) is 17.0. The van der Waals surface area contributed by atoms with E-state index < -0.39 is 0 Å². The second-order valence-electron chi connectivity index (χ2n) is 6.22. The Balaban J connectivity index is 1.52. The molecule has 0 aliphatic carbocycles. The van der Waals surface area contributed by atoms with Gasteiger partial charge < -0.3 is 14.8 Å². The number of nitrogens with one attached hydrogen (secondary N) is 1. The number of anilines is 1. The van der Waals surface area contributed by atoms with E-state index in [2.05, 4.69) is 45.2 Å². The van der Waals surface area contributed by atoms with Crippen LogP contribution in [-0.2, 0) is 6.54 Å². The maximum absolute atomic E-state index is 5.23. The molecule has 0 atom stereocenters. The predicted molar refractivity (Wildman–Crippen MR) is 108 cm³/mol. The Morgan fingerprint density at radius 3 is 2.19 bits per heavy atom. The van der Waals surface area contributed by atoms with Gasteiger partial charge in [-0.15, -0.1) is 0 Å². The second-order valence-corrected chi connectivity index (χ2v) is 6.22. The SMILES string of the molecule is COc1ccc(CNc2ccc3c(c2)ncn3-c2ccc(OC)cc2)cc1. The Bertz CT molecular complexity index is 1040. The van der Waals surface area contributed by atoms with E-state index in [1.807, 2.05) is 42.7 Å². The zero-order chi connectivity index (χ0) is 18.6. The van der Waals surface area contributed by atoms with Gasteiger partial charge in [-0.05, 0) is 60.2 Å². The maximum Gasteiger partial charge on any atom is 0.119 e. The summed E-state index contributed by atoms with van der Waals surface area (Å²) < 4.78 is 12.5. The number of methoxy groups -OCH3 is 2. The highest BCUT2D eigenvalue weighted by atomic mass is 16.5. The van der Waals surface area contributed by atoms with E-state index in [1.165, 1.54) is 5.56 Å². The molecule has 0 amide bonds. The van der Waals surface area contributed by atoms with Crippen LogP contribution in [0.4, 0.5) is 5.69 Å². The van der Waals surface area contributed by atoms with E-state index in [0.29, 0.717) is 0 Å². The number of hydrogen-bond acceptors (Lipinski definition) is 4. The summed E-state index contributed by atoms with van der Waals surface area (Å²) in [5.74, 6) is 1.71. The van der Waals surface area contributed by atoms with E-state index in [0.717, 1.165) is 40.5 Å². The second kappa shape index (κ2) is 7.41. The van der Waals surface area contributed by atoms with Gasteiger partial charge in [0.2, 0.25) is 0 Å². The number of rotatable bonds is 6. The van der Waals surface area contributed by atoms with Gasteiger partial charge >= 0.3 is 0 Å². The molecule has 0 saturated heterocycles. The standard InChI is InChI=1S/C22H21N3O2/c1-26-19-8-3-16(4-9-19)14-23-17-5-12-22-21(13-17)24-15-25(22)18-6-10-20(27-2)11-7-18/h3-13,15,23H,14H2,1-2H3. The zero-order valence-electron chi connectivity index (χ0n) is 15.3. The van der Waals surface area contributed by atoms with Gasteiger partial charge in [0.1, 0.15) is 17.8 Å². The number of aromatic nitrogens is 2. The molecule has 5 heteroatoms. The lowest BCUT2D eigenvalue weighted by Gasteiger charge is -2.09. The molecule has 27 heavy (non-hydrogen) atoms. The van der Waals surface area contributed by atoms with Crippen LogP contribution in [0.3, 0.4) is 0 Å². The first-order valence-electron chi connectivity index (χ1n) is 8.75. The lowest BCUT2D eigenvalue weighted by Crippen LogP contribution is -1.99. The molecule has 0 unspecified atom stereocenters. The van der Waals surface area contributed by atoms with Gasteiger partial charge in [0.25, 0.3) is 0 Å². The van der Waals surface area contributed by atoms with Gasteiger partial charge in [-0.2, -0.15) is 0 Å². The molecule has 136 valence electrons. The third-order valence-corrected chi connectivity index (χ3v) is 4.55. The van der Waals surface area contributed by atoms with Crippen molar-refractivity contribution >= 4 is 16.7 Å². The Kier molecular flexibility index (Phi) is 4.66. The van der Waals surface area contributed by atoms with Crippen LogP contribution < -0.4 is 14.8 Å². The van der Waals surface area contributed by atoms with Gasteiger partial charge in [0.15, 0.2) is 0 Å². The molecule has 0 bridgehead atoms. The summed E-state index contributed by atoms with van der Waals surface area (Å²) in [6.07, 6.45) is 1.85. The molecule has 4 aromatic rings. The van der Waals surface area contributed by atoms with Crippen LogP contribution in [0.15, 0.2) is 73.1 Å². The minimum atomic E-state index is 0.745. The fourth-order valence-electron chi connectivity index (χ4n) is 3.02. The van der Waals surface area contributed by atoms with E-state index in [4.69, 9.17) is 9.47 Å². The van der Waals surface area contributed by atoms with Crippen LogP contribution in [-0.4, -0.2) is 23.8 Å². The summed E-state index contributed by atoms with van der Waals surface area (Å²) in [5.41, 5.74) is 5.30. The lowest BCUT2D eigenvalue weighted by molar-refractivity contribution is 0.414. The Morgan fingerprint density at radius 1 is 0.852 bits per heavy atom.